The summed E-state index contributed by atoms with van der Waals surface area (Å²) in [6.45, 7) is 0. The molecule has 0 atom stereocenters. The van der Waals surface area contributed by atoms with Gasteiger partial charge in [-0.3, -0.25) is 4.98 Å². The largest absolute Gasteiger partial charge is 0.361 e. The molecule has 4 rings (SSSR count). The first-order valence-electron chi connectivity index (χ1n) is 5.67. The number of pyridine rings is 1. The third-order valence-corrected chi connectivity index (χ3v) is 3.29. The Kier molecular flexibility index (Phi) is 1.59. The molecule has 2 nitrogen and oxygen atoms in total. The van der Waals surface area contributed by atoms with Crippen LogP contribution >= 0.6 is 0 Å². The summed E-state index contributed by atoms with van der Waals surface area (Å²) in [7, 11) is 0. The molecule has 0 radical (unpaired) electrons. The molecule has 0 spiro atoms. The summed E-state index contributed by atoms with van der Waals surface area (Å²) in [5.74, 6) is 0. The van der Waals surface area contributed by atoms with Crippen LogP contribution in [0.4, 0.5) is 0 Å². The standard InChI is InChI=1S/C15H10N2/c1-2-4-11-10(3-1)9-17-14-6-5-13-12(15(11)14)7-8-16-13/h1-9,16H. The lowest BCUT2D eigenvalue weighted by molar-refractivity contribution is 1.44. The van der Waals surface area contributed by atoms with Crippen molar-refractivity contribution in [2.24, 2.45) is 0 Å². The maximum Gasteiger partial charge on any atom is 0.0716 e. The van der Waals surface area contributed by atoms with Gasteiger partial charge >= 0.3 is 0 Å². The van der Waals surface area contributed by atoms with E-state index in [1.165, 1.54) is 21.5 Å². The zero-order chi connectivity index (χ0) is 11.2. The van der Waals surface area contributed by atoms with E-state index in [4.69, 9.17) is 0 Å². The zero-order valence-corrected chi connectivity index (χ0v) is 9.14. The number of benzene rings is 2. The molecule has 2 aromatic heterocycles. The van der Waals surface area contributed by atoms with Gasteiger partial charge in [-0.25, -0.2) is 0 Å². The van der Waals surface area contributed by atoms with Crippen LogP contribution in [0.2, 0.25) is 0 Å². The van der Waals surface area contributed by atoms with Crippen LogP contribution in [0.5, 0.6) is 0 Å². The highest BCUT2D eigenvalue weighted by Gasteiger charge is 2.05. The summed E-state index contributed by atoms with van der Waals surface area (Å²) >= 11 is 0. The van der Waals surface area contributed by atoms with Crippen LogP contribution in [0, 0.1) is 0 Å². The maximum atomic E-state index is 4.53. The average Bonchev–Trinajstić information content (AvgIpc) is 2.86. The fourth-order valence-corrected chi connectivity index (χ4v) is 2.49. The van der Waals surface area contributed by atoms with Crippen molar-refractivity contribution in [1.82, 2.24) is 9.97 Å². The SMILES string of the molecule is c1ccc2c(c1)cnc1ccc3[nH]ccc3c12. The van der Waals surface area contributed by atoms with Gasteiger partial charge < -0.3 is 4.98 Å². The molecule has 2 heteroatoms. The summed E-state index contributed by atoms with van der Waals surface area (Å²) in [6.07, 6.45) is 3.92. The highest BCUT2D eigenvalue weighted by molar-refractivity contribution is 6.18. The molecule has 80 valence electrons. The van der Waals surface area contributed by atoms with Gasteiger partial charge in [-0.05, 0) is 23.6 Å². The molecular weight excluding hydrogens is 208 g/mol. The average molecular weight is 218 g/mol. The van der Waals surface area contributed by atoms with Crippen LogP contribution < -0.4 is 0 Å². The molecule has 1 N–H and O–H groups in total. The van der Waals surface area contributed by atoms with Gasteiger partial charge in [0.15, 0.2) is 0 Å². The van der Waals surface area contributed by atoms with Crippen LogP contribution in [0.25, 0.3) is 32.6 Å². The van der Waals surface area contributed by atoms with E-state index >= 15 is 0 Å². The normalized spacial score (nSPS) is 11.5. The van der Waals surface area contributed by atoms with Gasteiger partial charge in [0.05, 0.1) is 5.52 Å². The Morgan fingerprint density at radius 3 is 2.82 bits per heavy atom. The summed E-state index contributed by atoms with van der Waals surface area (Å²) in [6, 6.07) is 14.7. The van der Waals surface area contributed by atoms with Gasteiger partial charge in [0.25, 0.3) is 0 Å². The predicted molar refractivity (Wildman–Crippen MR) is 71.1 cm³/mol. The molecular formula is C15H10N2. The number of rotatable bonds is 0. The van der Waals surface area contributed by atoms with Gasteiger partial charge in [-0.15, -0.1) is 0 Å². The number of nitrogens with zero attached hydrogens (tertiary/aromatic N) is 1. The molecule has 0 unspecified atom stereocenters. The minimum absolute atomic E-state index is 1.05. The number of hydrogen-bond donors (Lipinski definition) is 1. The quantitative estimate of drug-likeness (QED) is 0.446. The predicted octanol–water partition coefficient (Wildman–Crippen LogP) is 3.87. The molecule has 0 aliphatic heterocycles. The van der Waals surface area contributed by atoms with E-state index in [1.54, 1.807) is 0 Å². The monoisotopic (exact) mass is 218 g/mol. The first-order chi connectivity index (χ1) is 8.43. The molecule has 0 amide bonds. The van der Waals surface area contributed by atoms with Gasteiger partial charge in [0, 0.05) is 34.1 Å². The van der Waals surface area contributed by atoms with Crippen LogP contribution in [-0.2, 0) is 0 Å². The van der Waals surface area contributed by atoms with E-state index in [9.17, 15) is 0 Å². The molecule has 4 aromatic rings. The zero-order valence-electron chi connectivity index (χ0n) is 9.14. The third-order valence-electron chi connectivity index (χ3n) is 3.29. The fourth-order valence-electron chi connectivity index (χ4n) is 2.49. The summed E-state index contributed by atoms with van der Waals surface area (Å²) in [4.78, 5) is 7.77. The minimum atomic E-state index is 1.05. The molecule has 0 fully saturated rings. The van der Waals surface area contributed by atoms with Crippen LogP contribution in [0.15, 0.2) is 54.9 Å². The van der Waals surface area contributed by atoms with E-state index in [0.717, 1.165) is 11.0 Å². The van der Waals surface area contributed by atoms with E-state index in [1.807, 2.05) is 18.5 Å². The van der Waals surface area contributed by atoms with Crippen molar-refractivity contribution in [3.8, 4) is 0 Å². The van der Waals surface area contributed by atoms with Crippen molar-refractivity contribution < 1.29 is 0 Å². The third kappa shape index (κ3) is 1.12. The first kappa shape index (κ1) is 8.76. The molecule has 2 heterocycles. The Balaban J connectivity index is 2.41. The molecule has 0 saturated heterocycles. The number of hydrogen-bond acceptors (Lipinski definition) is 1. The summed E-state index contributed by atoms with van der Waals surface area (Å²) < 4.78 is 0. The van der Waals surface area contributed by atoms with Crippen molar-refractivity contribution >= 4 is 32.6 Å². The summed E-state index contributed by atoms with van der Waals surface area (Å²) in [5, 5.41) is 4.94. The highest BCUT2D eigenvalue weighted by Crippen LogP contribution is 2.29. The first-order valence-corrected chi connectivity index (χ1v) is 5.67. The Hall–Kier alpha value is -2.35. The molecule has 0 saturated carbocycles. The van der Waals surface area contributed by atoms with Gasteiger partial charge in [0.2, 0.25) is 0 Å². The molecule has 0 aliphatic carbocycles. The highest BCUT2D eigenvalue weighted by atomic mass is 14.7. The van der Waals surface area contributed by atoms with Gasteiger partial charge in [-0.1, -0.05) is 24.3 Å². The lowest BCUT2D eigenvalue weighted by Gasteiger charge is -2.04. The van der Waals surface area contributed by atoms with Crippen LogP contribution in [-0.4, -0.2) is 9.97 Å². The topological polar surface area (TPSA) is 28.7 Å². The Bertz CT molecular complexity index is 843. The number of aromatic nitrogens is 2. The van der Waals surface area contributed by atoms with Crippen LogP contribution in [0.3, 0.4) is 0 Å². The Morgan fingerprint density at radius 2 is 1.82 bits per heavy atom. The number of aromatic amines is 1. The van der Waals surface area contributed by atoms with E-state index in [2.05, 4.69) is 46.4 Å². The smallest absolute Gasteiger partial charge is 0.0716 e. The fraction of sp³-hybridized carbons (Fsp3) is 0. The lowest BCUT2D eigenvalue weighted by Crippen LogP contribution is -1.82. The van der Waals surface area contributed by atoms with Crippen molar-refractivity contribution in [3.05, 3.63) is 54.9 Å². The van der Waals surface area contributed by atoms with E-state index < -0.39 is 0 Å². The van der Waals surface area contributed by atoms with Crippen molar-refractivity contribution in [1.29, 1.82) is 0 Å². The number of fused-ring (bicyclic) bond motifs is 5. The van der Waals surface area contributed by atoms with Crippen molar-refractivity contribution in [2.45, 2.75) is 0 Å². The van der Waals surface area contributed by atoms with Gasteiger partial charge in [0.1, 0.15) is 0 Å². The second-order valence-electron chi connectivity index (χ2n) is 4.24. The number of nitrogens with one attached hydrogen (secondary N) is 1. The van der Waals surface area contributed by atoms with Gasteiger partial charge in [-0.2, -0.15) is 0 Å². The van der Waals surface area contributed by atoms with E-state index in [-0.39, 0.29) is 0 Å². The second kappa shape index (κ2) is 3.08. The van der Waals surface area contributed by atoms with E-state index in [0.29, 0.717) is 0 Å². The Labute approximate surface area is 97.9 Å². The minimum Gasteiger partial charge on any atom is -0.361 e. The van der Waals surface area contributed by atoms with Crippen molar-refractivity contribution in [3.63, 3.8) is 0 Å². The lowest BCUT2D eigenvalue weighted by atomic mass is 10.0. The molecule has 0 bridgehead atoms. The number of H-pyrrole nitrogens is 1. The molecule has 17 heavy (non-hydrogen) atoms. The molecule has 0 aliphatic rings. The second-order valence-corrected chi connectivity index (χ2v) is 4.24. The van der Waals surface area contributed by atoms with Crippen molar-refractivity contribution in [2.75, 3.05) is 0 Å². The van der Waals surface area contributed by atoms with Crippen LogP contribution in [0.1, 0.15) is 0 Å². The summed E-state index contributed by atoms with van der Waals surface area (Å²) in [5.41, 5.74) is 2.21. The molecule has 2 aromatic carbocycles. The Morgan fingerprint density at radius 1 is 0.882 bits per heavy atom. The maximum absolute atomic E-state index is 4.53.